The minimum absolute atomic E-state index is 0.0586. The van der Waals surface area contributed by atoms with Crippen molar-refractivity contribution in [1.29, 1.82) is 0 Å². The van der Waals surface area contributed by atoms with Crippen molar-refractivity contribution in [3.8, 4) is 11.1 Å². The Balaban J connectivity index is 1.47. The second-order valence-electron chi connectivity index (χ2n) is 10.0. The van der Waals surface area contributed by atoms with Gasteiger partial charge in [-0.3, -0.25) is 24.5 Å². The number of carbonyl (C=O) groups is 2. The van der Waals surface area contributed by atoms with Crippen molar-refractivity contribution in [2.75, 3.05) is 30.0 Å². The number of nitrogens with zero attached hydrogens (tertiary/aromatic N) is 4. The number of rotatable bonds is 5. The first kappa shape index (κ1) is 25.0. The maximum atomic E-state index is 14.3. The van der Waals surface area contributed by atoms with Crippen molar-refractivity contribution >= 4 is 23.3 Å². The number of carbonyl (C=O) groups excluding carboxylic acids is 2. The van der Waals surface area contributed by atoms with Crippen LogP contribution in [0.5, 0.6) is 0 Å². The molecule has 0 spiro atoms. The highest BCUT2D eigenvalue weighted by molar-refractivity contribution is 6.04. The molecule has 3 aromatic heterocycles. The van der Waals surface area contributed by atoms with Crippen LogP contribution in [0.3, 0.4) is 0 Å². The lowest BCUT2D eigenvalue weighted by Crippen LogP contribution is -2.47. The molecule has 1 N–H and O–H groups in total. The van der Waals surface area contributed by atoms with E-state index in [-0.39, 0.29) is 29.3 Å². The highest BCUT2D eigenvalue weighted by atomic mass is 19.1. The molecule has 0 radical (unpaired) electrons. The Labute approximate surface area is 215 Å². The molecule has 3 aromatic rings. The van der Waals surface area contributed by atoms with Crippen molar-refractivity contribution in [2.24, 2.45) is 5.92 Å². The van der Waals surface area contributed by atoms with E-state index in [2.05, 4.69) is 21.4 Å². The Kier molecular flexibility index (Phi) is 6.49. The Bertz CT molecular complexity index is 1370. The standard InChI is InChI=1S/C28H30FN5O3/c1-5-34-25-22(20-7-9-37-15-23(20)27(34)36)10-18(13-32-25)21-12-19(14-31-16(21)2)33-26(35)17-6-8-30-24(11-17)28(3,4)29/h6,8,10-14,20,23H,5,7,9,15H2,1-4H3,(H,33,35)/t20-,23+/m1/s1. The van der Waals surface area contributed by atoms with E-state index in [1.165, 1.54) is 26.1 Å². The number of hydrogen-bond acceptors (Lipinski definition) is 6. The van der Waals surface area contributed by atoms with Crippen molar-refractivity contribution in [1.82, 2.24) is 15.0 Å². The van der Waals surface area contributed by atoms with Gasteiger partial charge in [0.2, 0.25) is 5.91 Å². The van der Waals surface area contributed by atoms with Gasteiger partial charge in [0.05, 0.1) is 30.1 Å². The minimum Gasteiger partial charge on any atom is -0.381 e. The third-order valence-electron chi connectivity index (χ3n) is 7.09. The van der Waals surface area contributed by atoms with Crippen molar-refractivity contribution in [3.05, 3.63) is 65.4 Å². The normalized spacial score (nSPS) is 19.3. The number of anilines is 2. The lowest BCUT2D eigenvalue weighted by molar-refractivity contribution is -0.128. The molecule has 0 aromatic carbocycles. The van der Waals surface area contributed by atoms with Crippen LogP contribution in [-0.4, -0.2) is 46.5 Å². The maximum absolute atomic E-state index is 14.3. The van der Waals surface area contributed by atoms with Crippen LogP contribution in [-0.2, 0) is 15.2 Å². The smallest absolute Gasteiger partial charge is 0.255 e. The van der Waals surface area contributed by atoms with Gasteiger partial charge in [0.1, 0.15) is 11.5 Å². The fraction of sp³-hybridized carbons (Fsp3) is 0.393. The Morgan fingerprint density at radius 2 is 2.00 bits per heavy atom. The van der Waals surface area contributed by atoms with Gasteiger partial charge in [0, 0.05) is 53.8 Å². The van der Waals surface area contributed by atoms with Crippen molar-refractivity contribution < 1.29 is 18.7 Å². The highest BCUT2D eigenvalue weighted by Crippen LogP contribution is 2.43. The van der Waals surface area contributed by atoms with E-state index < -0.39 is 5.67 Å². The molecule has 0 aliphatic carbocycles. The quantitative estimate of drug-likeness (QED) is 0.538. The molecule has 2 amide bonds. The number of nitrogens with one attached hydrogen (secondary N) is 1. The van der Waals surface area contributed by atoms with E-state index >= 15 is 0 Å². The van der Waals surface area contributed by atoms with Crippen LogP contribution in [0.4, 0.5) is 15.9 Å². The van der Waals surface area contributed by atoms with Gasteiger partial charge in [0.25, 0.3) is 5.91 Å². The van der Waals surface area contributed by atoms with Gasteiger partial charge in [-0.1, -0.05) is 0 Å². The molecular weight excluding hydrogens is 473 g/mol. The summed E-state index contributed by atoms with van der Waals surface area (Å²) in [6.07, 6.45) is 5.54. The Morgan fingerprint density at radius 1 is 1.19 bits per heavy atom. The minimum atomic E-state index is -1.66. The van der Waals surface area contributed by atoms with Gasteiger partial charge in [0.15, 0.2) is 0 Å². The van der Waals surface area contributed by atoms with Crippen molar-refractivity contribution in [2.45, 2.75) is 45.7 Å². The SMILES string of the molecule is CCN1C(=O)[C@H]2COCC[C@@H]2c2cc(-c3cc(NC(=O)c4ccnc(C(C)(C)F)c4)cnc3C)cnc21. The number of pyridine rings is 3. The third kappa shape index (κ3) is 4.71. The summed E-state index contributed by atoms with van der Waals surface area (Å²) in [6.45, 7) is 8.22. The lowest BCUT2D eigenvalue weighted by atomic mass is 9.78. The molecule has 2 aliphatic heterocycles. The molecule has 0 bridgehead atoms. The summed E-state index contributed by atoms with van der Waals surface area (Å²) in [4.78, 5) is 40.9. The fourth-order valence-corrected chi connectivity index (χ4v) is 5.08. The first-order valence-electron chi connectivity index (χ1n) is 12.5. The first-order chi connectivity index (χ1) is 17.7. The van der Waals surface area contributed by atoms with E-state index in [1.54, 1.807) is 23.4 Å². The number of ether oxygens (including phenoxy) is 1. The molecule has 0 saturated carbocycles. The zero-order valence-electron chi connectivity index (χ0n) is 21.4. The molecule has 2 atom stereocenters. The molecule has 0 unspecified atom stereocenters. The number of halogens is 1. The van der Waals surface area contributed by atoms with Gasteiger partial charge in [-0.2, -0.15) is 0 Å². The predicted molar refractivity (Wildman–Crippen MR) is 138 cm³/mol. The van der Waals surface area contributed by atoms with Gasteiger partial charge < -0.3 is 10.1 Å². The summed E-state index contributed by atoms with van der Waals surface area (Å²) >= 11 is 0. The number of aryl methyl sites for hydroxylation is 1. The second kappa shape index (κ2) is 9.63. The first-order valence-corrected chi connectivity index (χ1v) is 12.5. The van der Waals surface area contributed by atoms with Crippen LogP contribution in [0, 0.1) is 12.8 Å². The summed E-state index contributed by atoms with van der Waals surface area (Å²) in [5, 5.41) is 2.86. The Hall–Kier alpha value is -3.72. The number of amides is 2. The lowest BCUT2D eigenvalue weighted by Gasteiger charge is -2.40. The zero-order chi connectivity index (χ0) is 26.3. The monoisotopic (exact) mass is 503 g/mol. The molecule has 1 fully saturated rings. The van der Waals surface area contributed by atoms with Crippen LogP contribution < -0.4 is 10.2 Å². The summed E-state index contributed by atoms with van der Waals surface area (Å²) in [5.41, 5.74) is 2.87. The predicted octanol–water partition coefficient (Wildman–Crippen LogP) is 4.79. The molecule has 1 saturated heterocycles. The van der Waals surface area contributed by atoms with Gasteiger partial charge in [-0.25, -0.2) is 9.37 Å². The number of fused-ring (bicyclic) bond motifs is 3. The maximum Gasteiger partial charge on any atom is 0.255 e. The third-order valence-corrected chi connectivity index (χ3v) is 7.09. The molecular formula is C28H30FN5O3. The molecule has 9 heteroatoms. The molecule has 8 nitrogen and oxygen atoms in total. The summed E-state index contributed by atoms with van der Waals surface area (Å²) < 4.78 is 20.0. The molecule has 5 rings (SSSR count). The largest absolute Gasteiger partial charge is 0.381 e. The van der Waals surface area contributed by atoms with E-state index in [9.17, 15) is 14.0 Å². The summed E-state index contributed by atoms with van der Waals surface area (Å²) in [6, 6.07) is 6.95. The van der Waals surface area contributed by atoms with Crippen LogP contribution in [0.1, 0.15) is 60.4 Å². The van der Waals surface area contributed by atoms with Gasteiger partial charge in [-0.05, 0) is 63.9 Å². The summed E-state index contributed by atoms with van der Waals surface area (Å²) in [5.74, 6) is 0.248. The Morgan fingerprint density at radius 3 is 2.76 bits per heavy atom. The van der Waals surface area contributed by atoms with Crippen LogP contribution in [0.2, 0.25) is 0 Å². The van der Waals surface area contributed by atoms with Crippen LogP contribution >= 0.6 is 0 Å². The zero-order valence-corrected chi connectivity index (χ0v) is 21.4. The molecule has 37 heavy (non-hydrogen) atoms. The summed E-state index contributed by atoms with van der Waals surface area (Å²) in [7, 11) is 0. The molecule has 5 heterocycles. The average molecular weight is 504 g/mol. The number of hydrogen-bond donors (Lipinski definition) is 1. The second-order valence-corrected chi connectivity index (χ2v) is 10.0. The molecule has 192 valence electrons. The van der Waals surface area contributed by atoms with E-state index in [0.717, 1.165) is 28.8 Å². The van der Waals surface area contributed by atoms with Crippen molar-refractivity contribution in [3.63, 3.8) is 0 Å². The fourth-order valence-electron chi connectivity index (χ4n) is 5.08. The number of alkyl halides is 1. The van der Waals surface area contributed by atoms with Crippen LogP contribution in [0.15, 0.2) is 42.9 Å². The van der Waals surface area contributed by atoms with E-state index in [1.807, 2.05) is 19.9 Å². The van der Waals surface area contributed by atoms with Gasteiger partial charge >= 0.3 is 0 Å². The van der Waals surface area contributed by atoms with Crippen LogP contribution in [0.25, 0.3) is 11.1 Å². The van der Waals surface area contributed by atoms with E-state index in [0.29, 0.717) is 36.8 Å². The van der Waals surface area contributed by atoms with Gasteiger partial charge in [-0.15, -0.1) is 0 Å². The number of aromatic nitrogens is 3. The topological polar surface area (TPSA) is 97.3 Å². The average Bonchev–Trinajstić information content (AvgIpc) is 2.89. The van der Waals surface area contributed by atoms with E-state index in [4.69, 9.17) is 9.72 Å². The highest BCUT2D eigenvalue weighted by Gasteiger charge is 2.42. The molecule has 2 aliphatic rings.